The lowest BCUT2D eigenvalue weighted by atomic mass is 10.1. The molecule has 2 N–H and O–H groups in total. The van der Waals surface area contributed by atoms with Gasteiger partial charge in [-0.3, -0.25) is 4.79 Å². The Hall–Kier alpha value is -1.49. The lowest BCUT2D eigenvalue weighted by Crippen LogP contribution is -2.39. The van der Waals surface area contributed by atoms with Gasteiger partial charge in [0.05, 0.1) is 0 Å². The summed E-state index contributed by atoms with van der Waals surface area (Å²) in [4.78, 5) is 13.6. The number of amides is 1. The van der Waals surface area contributed by atoms with Gasteiger partial charge in [0.1, 0.15) is 17.2 Å². The second-order valence-corrected chi connectivity index (χ2v) is 4.33. The lowest BCUT2D eigenvalue weighted by molar-refractivity contribution is 0.0695. The van der Waals surface area contributed by atoms with Crippen molar-refractivity contribution in [3.63, 3.8) is 0 Å². The molecule has 3 nitrogen and oxygen atoms in total. The van der Waals surface area contributed by atoms with Gasteiger partial charge in [0, 0.05) is 12.6 Å². The predicted molar refractivity (Wildman–Crippen MR) is 66.2 cm³/mol. The molecule has 18 heavy (non-hydrogen) atoms. The van der Waals surface area contributed by atoms with Gasteiger partial charge in [-0.15, -0.1) is 0 Å². The molecule has 100 valence electrons. The van der Waals surface area contributed by atoms with Gasteiger partial charge < -0.3 is 10.6 Å². The fourth-order valence-electron chi connectivity index (χ4n) is 1.70. The van der Waals surface area contributed by atoms with E-state index in [2.05, 4.69) is 0 Å². The highest BCUT2D eigenvalue weighted by Gasteiger charge is 2.24. The van der Waals surface area contributed by atoms with E-state index in [0.717, 1.165) is 12.1 Å². The van der Waals surface area contributed by atoms with Crippen LogP contribution in [0.5, 0.6) is 0 Å². The molecule has 5 heteroatoms. The van der Waals surface area contributed by atoms with Crippen LogP contribution in [0.3, 0.4) is 0 Å². The molecule has 1 aromatic rings. The molecule has 1 rings (SSSR count). The Morgan fingerprint density at radius 1 is 1.33 bits per heavy atom. The van der Waals surface area contributed by atoms with Crippen LogP contribution >= 0.6 is 0 Å². The monoisotopic (exact) mass is 256 g/mol. The van der Waals surface area contributed by atoms with Crippen LogP contribution in [0, 0.1) is 11.6 Å². The van der Waals surface area contributed by atoms with E-state index in [0.29, 0.717) is 19.5 Å². The Bertz CT molecular complexity index is 401. The predicted octanol–water partition coefficient (Wildman–Crippen LogP) is 2.16. The third-order valence-corrected chi connectivity index (χ3v) is 2.66. The summed E-state index contributed by atoms with van der Waals surface area (Å²) in [5.74, 6) is -2.30. The molecule has 0 aliphatic carbocycles. The summed E-state index contributed by atoms with van der Waals surface area (Å²) in [6, 6.07) is 3.26. The standard InChI is InChI=1S/C13H18F2N2O/c1-9(2)17(8-4-7-16)13(18)12-10(14)5-3-6-11(12)15/h3,5-6,9H,4,7-8,16H2,1-2H3. The molecule has 0 atom stereocenters. The van der Waals surface area contributed by atoms with E-state index in [1.54, 1.807) is 13.8 Å². The zero-order valence-corrected chi connectivity index (χ0v) is 10.6. The minimum atomic E-state index is -0.835. The summed E-state index contributed by atoms with van der Waals surface area (Å²) in [5.41, 5.74) is 4.89. The Kier molecular flexibility index (Phi) is 5.22. The van der Waals surface area contributed by atoms with Crippen molar-refractivity contribution in [2.24, 2.45) is 5.73 Å². The van der Waals surface area contributed by atoms with Crippen molar-refractivity contribution in [1.29, 1.82) is 0 Å². The van der Waals surface area contributed by atoms with Crippen molar-refractivity contribution in [3.8, 4) is 0 Å². The van der Waals surface area contributed by atoms with Crippen molar-refractivity contribution in [1.82, 2.24) is 4.90 Å². The maximum absolute atomic E-state index is 13.5. The molecule has 0 aliphatic heterocycles. The van der Waals surface area contributed by atoms with Crippen LogP contribution in [0.1, 0.15) is 30.6 Å². The maximum atomic E-state index is 13.5. The molecular weight excluding hydrogens is 238 g/mol. The van der Waals surface area contributed by atoms with E-state index in [9.17, 15) is 13.6 Å². The number of hydrogen-bond donors (Lipinski definition) is 1. The third-order valence-electron chi connectivity index (χ3n) is 2.66. The first-order valence-corrected chi connectivity index (χ1v) is 5.94. The van der Waals surface area contributed by atoms with Crippen molar-refractivity contribution in [2.75, 3.05) is 13.1 Å². The molecule has 1 amide bonds. The van der Waals surface area contributed by atoms with Crippen LogP contribution in [-0.4, -0.2) is 29.9 Å². The van der Waals surface area contributed by atoms with Gasteiger partial charge in [-0.05, 0) is 38.9 Å². The highest BCUT2D eigenvalue weighted by Crippen LogP contribution is 2.16. The number of benzene rings is 1. The van der Waals surface area contributed by atoms with Crippen LogP contribution in [0.15, 0.2) is 18.2 Å². The summed E-state index contributed by atoms with van der Waals surface area (Å²) in [6.07, 6.45) is 0.597. The molecule has 0 unspecified atom stereocenters. The second kappa shape index (κ2) is 6.44. The van der Waals surface area contributed by atoms with Gasteiger partial charge in [-0.25, -0.2) is 8.78 Å². The fourth-order valence-corrected chi connectivity index (χ4v) is 1.70. The summed E-state index contributed by atoms with van der Waals surface area (Å²) < 4.78 is 27.1. The molecule has 0 radical (unpaired) electrons. The normalized spacial score (nSPS) is 10.8. The highest BCUT2D eigenvalue weighted by molar-refractivity contribution is 5.95. The summed E-state index contributed by atoms with van der Waals surface area (Å²) >= 11 is 0. The molecule has 0 aromatic heterocycles. The van der Waals surface area contributed by atoms with E-state index in [1.807, 2.05) is 0 Å². The molecule has 1 aromatic carbocycles. The van der Waals surface area contributed by atoms with Gasteiger partial charge >= 0.3 is 0 Å². The smallest absolute Gasteiger partial charge is 0.260 e. The molecule has 0 spiro atoms. The second-order valence-electron chi connectivity index (χ2n) is 4.33. The van der Waals surface area contributed by atoms with Crippen molar-refractivity contribution < 1.29 is 13.6 Å². The number of carbonyl (C=O) groups is 1. The molecule has 0 saturated heterocycles. The number of carbonyl (C=O) groups excluding carboxylic acids is 1. The SMILES string of the molecule is CC(C)N(CCCN)C(=O)c1c(F)cccc1F. The minimum Gasteiger partial charge on any atom is -0.336 e. The number of nitrogens with two attached hydrogens (primary N) is 1. The van der Waals surface area contributed by atoms with Crippen molar-refractivity contribution in [3.05, 3.63) is 35.4 Å². The van der Waals surface area contributed by atoms with Crippen LogP contribution in [0.2, 0.25) is 0 Å². The molecule has 0 saturated carbocycles. The van der Waals surface area contributed by atoms with Gasteiger partial charge in [-0.2, -0.15) is 0 Å². The van der Waals surface area contributed by atoms with Crippen LogP contribution in [0.25, 0.3) is 0 Å². The Morgan fingerprint density at radius 2 is 1.89 bits per heavy atom. The first-order valence-electron chi connectivity index (χ1n) is 5.94. The van der Waals surface area contributed by atoms with Crippen LogP contribution in [-0.2, 0) is 0 Å². The van der Waals surface area contributed by atoms with Crippen LogP contribution in [0.4, 0.5) is 8.78 Å². The number of rotatable bonds is 5. The molecule has 0 heterocycles. The Labute approximate surface area is 106 Å². The largest absolute Gasteiger partial charge is 0.336 e. The van der Waals surface area contributed by atoms with Gasteiger partial charge in [0.15, 0.2) is 0 Å². The first-order chi connectivity index (χ1) is 8.49. The number of nitrogens with zero attached hydrogens (tertiary/aromatic N) is 1. The third kappa shape index (κ3) is 3.26. The summed E-state index contributed by atoms with van der Waals surface area (Å²) in [5, 5.41) is 0. The Morgan fingerprint density at radius 3 is 2.33 bits per heavy atom. The van der Waals surface area contributed by atoms with Crippen molar-refractivity contribution >= 4 is 5.91 Å². The average molecular weight is 256 g/mol. The quantitative estimate of drug-likeness (QED) is 0.877. The zero-order chi connectivity index (χ0) is 13.7. The lowest BCUT2D eigenvalue weighted by Gasteiger charge is -2.27. The average Bonchev–Trinajstić information content (AvgIpc) is 2.28. The first kappa shape index (κ1) is 14.6. The fraction of sp³-hybridized carbons (Fsp3) is 0.462. The van der Waals surface area contributed by atoms with Crippen LogP contribution < -0.4 is 5.73 Å². The van der Waals surface area contributed by atoms with E-state index in [1.165, 1.54) is 11.0 Å². The number of hydrogen-bond acceptors (Lipinski definition) is 2. The maximum Gasteiger partial charge on any atom is 0.260 e. The molecule has 0 aliphatic rings. The minimum absolute atomic E-state index is 0.136. The van der Waals surface area contributed by atoms with Crippen molar-refractivity contribution in [2.45, 2.75) is 26.3 Å². The zero-order valence-electron chi connectivity index (χ0n) is 10.6. The molecular formula is C13H18F2N2O. The number of halogens is 2. The summed E-state index contributed by atoms with van der Waals surface area (Å²) in [7, 11) is 0. The highest BCUT2D eigenvalue weighted by atomic mass is 19.1. The Balaban J connectivity index is 3.02. The summed E-state index contributed by atoms with van der Waals surface area (Å²) in [6.45, 7) is 4.41. The molecule has 0 bridgehead atoms. The molecule has 0 fully saturated rings. The van der Waals surface area contributed by atoms with E-state index in [-0.39, 0.29) is 6.04 Å². The van der Waals surface area contributed by atoms with E-state index in [4.69, 9.17) is 5.73 Å². The van der Waals surface area contributed by atoms with E-state index < -0.39 is 23.1 Å². The van der Waals surface area contributed by atoms with Gasteiger partial charge in [-0.1, -0.05) is 6.07 Å². The van der Waals surface area contributed by atoms with E-state index >= 15 is 0 Å². The van der Waals surface area contributed by atoms with Gasteiger partial charge in [0.2, 0.25) is 0 Å². The topological polar surface area (TPSA) is 46.3 Å². The van der Waals surface area contributed by atoms with Gasteiger partial charge in [0.25, 0.3) is 5.91 Å².